The van der Waals surface area contributed by atoms with Gasteiger partial charge in [-0.2, -0.15) is 12.6 Å². The fourth-order valence-electron chi connectivity index (χ4n) is 3.20. The third kappa shape index (κ3) is 2.92. The lowest BCUT2D eigenvalue weighted by atomic mass is 9.77. The molecule has 2 heteroatoms. The van der Waals surface area contributed by atoms with Crippen LogP contribution in [0.3, 0.4) is 0 Å². The van der Waals surface area contributed by atoms with E-state index in [2.05, 4.69) is 78.1 Å². The van der Waals surface area contributed by atoms with Crippen LogP contribution in [-0.2, 0) is 5.54 Å². The molecule has 0 saturated heterocycles. The van der Waals surface area contributed by atoms with Gasteiger partial charge in [-0.15, -0.1) is 0 Å². The van der Waals surface area contributed by atoms with E-state index >= 15 is 0 Å². The average molecular weight is 319 g/mol. The Morgan fingerprint density at radius 3 is 1.48 bits per heavy atom. The maximum absolute atomic E-state index is 5.04. The second-order valence-electron chi connectivity index (χ2n) is 5.60. The van der Waals surface area contributed by atoms with Crippen molar-refractivity contribution in [1.29, 1.82) is 0 Å². The molecular weight excluding hydrogens is 298 g/mol. The van der Waals surface area contributed by atoms with Gasteiger partial charge < -0.3 is 5.32 Å². The molecule has 1 nitrogen and oxygen atoms in total. The van der Waals surface area contributed by atoms with Gasteiger partial charge in [-0.1, -0.05) is 91.0 Å². The SMILES string of the molecule is CNC(c1ccccc1)(c1ccccc1)C(S)c1ccccc1. The summed E-state index contributed by atoms with van der Waals surface area (Å²) in [4.78, 5) is 0. The quantitative estimate of drug-likeness (QED) is 0.642. The summed E-state index contributed by atoms with van der Waals surface area (Å²) in [6.45, 7) is 0. The van der Waals surface area contributed by atoms with Crippen molar-refractivity contribution >= 4 is 12.6 Å². The highest BCUT2D eigenvalue weighted by molar-refractivity contribution is 7.80. The lowest BCUT2D eigenvalue weighted by Crippen LogP contribution is -2.44. The van der Waals surface area contributed by atoms with Gasteiger partial charge in [-0.25, -0.2) is 0 Å². The van der Waals surface area contributed by atoms with Crippen molar-refractivity contribution in [3.05, 3.63) is 108 Å². The Morgan fingerprint density at radius 1 is 0.696 bits per heavy atom. The molecule has 0 bridgehead atoms. The molecular formula is C21H21NS. The first-order chi connectivity index (χ1) is 11.3. The van der Waals surface area contributed by atoms with Gasteiger partial charge >= 0.3 is 0 Å². The fourth-order valence-corrected chi connectivity index (χ4v) is 3.79. The summed E-state index contributed by atoms with van der Waals surface area (Å²) >= 11 is 5.04. The van der Waals surface area contributed by atoms with Gasteiger partial charge in [-0.05, 0) is 23.7 Å². The molecule has 116 valence electrons. The Morgan fingerprint density at radius 2 is 1.09 bits per heavy atom. The van der Waals surface area contributed by atoms with E-state index in [4.69, 9.17) is 12.6 Å². The van der Waals surface area contributed by atoms with E-state index in [1.165, 1.54) is 16.7 Å². The zero-order chi connectivity index (χ0) is 16.1. The second kappa shape index (κ2) is 7.03. The molecule has 0 saturated carbocycles. The Hall–Kier alpha value is -2.03. The van der Waals surface area contributed by atoms with Gasteiger partial charge in [-0.3, -0.25) is 0 Å². The lowest BCUT2D eigenvalue weighted by molar-refractivity contribution is 0.428. The molecule has 3 aromatic rings. The van der Waals surface area contributed by atoms with Gasteiger partial charge in [0.15, 0.2) is 0 Å². The number of likely N-dealkylation sites (N-methyl/N-ethyl adjacent to an activating group) is 1. The summed E-state index contributed by atoms with van der Waals surface area (Å²) in [5, 5.41) is 3.55. The molecule has 0 heterocycles. The van der Waals surface area contributed by atoms with E-state index in [0.717, 1.165) is 0 Å². The van der Waals surface area contributed by atoms with Crippen LogP contribution in [0.5, 0.6) is 0 Å². The number of rotatable bonds is 5. The van der Waals surface area contributed by atoms with Crippen molar-refractivity contribution in [3.8, 4) is 0 Å². The molecule has 23 heavy (non-hydrogen) atoms. The molecule has 0 amide bonds. The van der Waals surface area contributed by atoms with Gasteiger partial charge in [0.05, 0.1) is 10.8 Å². The Labute approximate surface area is 143 Å². The Kier molecular flexibility index (Phi) is 4.85. The number of hydrogen-bond acceptors (Lipinski definition) is 2. The number of thiol groups is 1. The van der Waals surface area contributed by atoms with E-state index in [9.17, 15) is 0 Å². The van der Waals surface area contributed by atoms with Crippen molar-refractivity contribution in [2.75, 3.05) is 7.05 Å². The maximum Gasteiger partial charge on any atom is 0.0847 e. The summed E-state index contributed by atoms with van der Waals surface area (Å²) in [7, 11) is 2.01. The summed E-state index contributed by atoms with van der Waals surface area (Å²) < 4.78 is 0. The normalized spacial score (nSPS) is 12.8. The number of nitrogens with one attached hydrogen (secondary N) is 1. The molecule has 1 atom stereocenters. The van der Waals surface area contributed by atoms with Gasteiger partial charge in [0.1, 0.15) is 0 Å². The summed E-state index contributed by atoms with van der Waals surface area (Å²) in [6.07, 6.45) is 0. The third-order valence-corrected chi connectivity index (χ3v) is 5.06. The number of hydrogen-bond donors (Lipinski definition) is 2. The summed E-state index contributed by atoms with van der Waals surface area (Å²) in [5.41, 5.74) is 3.21. The minimum absolute atomic E-state index is 0.0153. The highest BCUT2D eigenvalue weighted by Crippen LogP contribution is 2.44. The monoisotopic (exact) mass is 319 g/mol. The third-order valence-electron chi connectivity index (χ3n) is 4.38. The van der Waals surface area contributed by atoms with Crippen LogP contribution in [0.1, 0.15) is 21.9 Å². The molecule has 0 aromatic heterocycles. The molecule has 0 aliphatic rings. The van der Waals surface area contributed by atoms with E-state index in [0.29, 0.717) is 0 Å². The molecule has 3 rings (SSSR count). The smallest absolute Gasteiger partial charge is 0.0847 e. The van der Waals surface area contributed by atoms with Crippen LogP contribution < -0.4 is 5.32 Å². The topological polar surface area (TPSA) is 12.0 Å². The van der Waals surface area contributed by atoms with E-state index < -0.39 is 5.54 Å². The minimum atomic E-state index is -0.396. The van der Waals surface area contributed by atoms with E-state index in [1.54, 1.807) is 0 Å². The van der Waals surface area contributed by atoms with Crippen molar-refractivity contribution in [1.82, 2.24) is 5.32 Å². The first-order valence-corrected chi connectivity index (χ1v) is 8.33. The maximum atomic E-state index is 5.04. The Bertz CT molecular complexity index is 686. The van der Waals surface area contributed by atoms with Crippen molar-refractivity contribution < 1.29 is 0 Å². The van der Waals surface area contributed by atoms with Crippen molar-refractivity contribution in [3.63, 3.8) is 0 Å². The van der Waals surface area contributed by atoms with E-state index in [1.807, 2.05) is 25.2 Å². The largest absolute Gasteiger partial charge is 0.306 e. The van der Waals surface area contributed by atoms with Crippen LogP contribution in [0, 0.1) is 0 Å². The summed E-state index contributed by atoms with van der Waals surface area (Å²) in [6, 6.07) is 31.5. The Balaban J connectivity index is 2.21. The fraction of sp³-hybridized carbons (Fsp3) is 0.143. The molecule has 0 aliphatic heterocycles. The molecule has 0 radical (unpaired) electrons. The van der Waals surface area contributed by atoms with Gasteiger partial charge in [0.2, 0.25) is 0 Å². The predicted molar refractivity (Wildman–Crippen MR) is 101 cm³/mol. The van der Waals surface area contributed by atoms with Crippen LogP contribution in [0.15, 0.2) is 91.0 Å². The standard InChI is InChI=1S/C21H21NS/c1-22-21(18-13-7-3-8-14-18,19-15-9-4-10-16-19)20(23)17-11-5-2-6-12-17/h2-16,20,22-23H,1H3. The number of benzene rings is 3. The van der Waals surface area contributed by atoms with Gasteiger partial charge in [0, 0.05) is 0 Å². The first kappa shape index (κ1) is 15.9. The highest BCUT2D eigenvalue weighted by atomic mass is 32.1. The van der Waals surface area contributed by atoms with Gasteiger partial charge in [0.25, 0.3) is 0 Å². The first-order valence-electron chi connectivity index (χ1n) is 7.82. The van der Waals surface area contributed by atoms with Crippen molar-refractivity contribution in [2.24, 2.45) is 0 Å². The highest BCUT2D eigenvalue weighted by Gasteiger charge is 2.39. The minimum Gasteiger partial charge on any atom is -0.306 e. The van der Waals surface area contributed by atoms with Crippen LogP contribution in [0.2, 0.25) is 0 Å². The zero-order valence-corrected chi connectivity index (χ0v) is 14.1. The zero-order valence-electron chi connectivity index (χ0n) is 13.2. The predicted octanol–water partition coefficient (Wildman–Crippen LogP) is 4.82. The van der Waals surface area contributed by atoms with Crippen LogP contribution in [0.4, 0.5) is 0 Å². The van der Waals surface area contributed by atoms with Crippen LogP contribution in [0.25, 0.3) is 0 Å². The van der Waals surface area contributed by atoms with Crippen LogP contribution >= 0.6 is 12.6 Å². The molecule has 3 aromatic carbocycles. The molecule has 1 unspecified atom stereocenters. The second-order valence-corrected chi connectivity index (χ2v) is 6.12. The van der Waals surface area contributed by atoms with E-state index in [-0.39, 0.29) is 5.25 Å². The average Bonchev–Trinajstić information content (AvgIpc) is 2.65. The summed E-state index contributed by atoms with van der Waals surface area (Å²) in [5.74, 6) is 0. The van der Waals surface area contributed by atoms with Crippen molar-refractivity contribution in [2.45, 2.75) is 10.8 Å². The molecule has 1 N–H and O–H groups in total. The lowest BCUT2D eigenvalue weighted by Gasteiger charge is -2.40. The van der Waals surface area contributed by atoms with Crippen LogP contribution in [-0.4, -0.2) is 7.05 Å². The molecule has 0 fully saturated rings. The molecule has 0 aliphatic carbocycles. The molecule has 0 spiro atoms.